The lowest BCUT2D eigenvalue weighted by atomic mass is 9.94. The molecular weight excluding hydrogens is 413 g/mol. The van der Waals surface area contributed by atoms with E-state index >= 15 is 0 Å². The zero-order valence-corrected chi connectivity index (χ0v) is 17.5. The maximum atomic E-state index is 13.3. The number of thioether (sulfide) groups is 1. The quantitative estimate of drug-likeness (QED) is 0.540. The third-order valence-electron chi connectivity index (χ3n) is 5.18. The monoisotopic (exact) mass is 431 g/mol. The van der Waals surface area contributed by atoms with Gasteiger partial charge in [-0.25, -0.2) is 0 Å². The maximum Gasteiger partial charge on any atom is 0.268 e. The first-order valence-electron chi connectivity index (χ1n) is 9.36. The molecule has 0 saturated heterocycles. The van der Waals surface area contributed by atoms with Crippen molar-refractivity contribution >= 4 is 52.4 Å². The molecule has 0 radical (unpaired) electrons. The predicted octanol–water partition coefficient (Wildman–Crippen LogP) is 6.20. The molecule has 0 bridgehead atoms. The first-order chi connectivity index (χ1) is 13.5. The Morgan fingerprint density at radius 2 is 1.36 bits per heavy atom. The molecule has 3 nitrogen and oxygen atoms in total. The highest BCUT2D eigenvalue weighted by Gasteiger charge is 2.43. The van der Waals surface area contributed by atoms with Crippen molar-refractivity contribution in [3.8, 4) is 0 Å². The molecule has 0 N–H and O–H groups in total. The van der Waals surface area contributed by atoms with Crippen LogP contribution < -0.4 is 0 Å². The van der Waals surface area contributed by atoms with Gasteiger partial charge in [0.15, 0.2) is 0 Å². The number of amides is 2. The molecule has 6 heteroatoms. The van der Waals surface area contributed by atoms with Gasteiger partial charge in [0.1, 0.15) is 0 Å². The molecule has 28 heavy (non-hydrogen) atoms. The number of nitrogens with zero attached hydrogens (tertiary/aromatic N) is 1. The summed E-state index contributed by atoms with van der Waals surface area (Å²) in [6, 6.07) is 14.4. The average molecular weight is 432 g/mol. The summed E-state index contributed by atoms with van der Waals surface area (Å²) in [5.74, 6) is -0.391. The van der Waals surface area contributed by atoms with Crippen LogP contribution in [0.15, 0.2) is 58.3 Å². The summed E-state index contributed by atoms with van der Waals surface area (Å²) >= 11 is 13.3. The Kier molecular flexibility index (Phi) is 5.81. The number of hydrogen-bond donors (Lipinski definition) is 0. The normalized spacial score (nSPS) is 18.3. The molecule has 144 valence electrons. The van der Waals surface area contributed by atoms with E-state index in [1.165, 1.54) is 16.7 Å². The molecule has 0 atom stereocenters. The van der Waals surface area contributed by atoms with Crippen molar-refractivity contribution < 1.29 is 9.59 Å². The molecule has 0 aromatic heterocycles. The third kappa shape index (κ3) is 3.86. The van der Waals surface area contributed by atoms with Crippen LogP contribution in [0.4, 0.5) is 0 Å². The molecule has 0 spiro atoms. The first-order valence-corrected chi connectivity index (χ1v) is 10.9. The molecule has 2 aliphatic rings. The van der Waals surface area contributed by atoms with Crippen LogP contribution in [-0.4, -0.2) is 22.8 Å². The summed E-state index contributed by atoms with van der Waals surface area (Å²) in [4.78, 5) is 29.5. The summed E-state index contributed by atoms with van der Waals surface area (Å²) in [5.41, 5.74) is 1.18. The molecule has 1 aliphatic carbocycles. The maximum absolute atomic E-state index is 13.3. The summed E-state index contributed by atoms with van der Waals surface area (Å²) < 4.78 is 0. The van der Waals surface area contributed by atoms with Gasteiger partial charge >= 0.3 is 0 Å². The molecule has 1 heterocycles. The Hall–Kier alpha value is -1.75. The lowest BCUT2D eigenvalue weighted by Crippen LogP contribution is -2.42. The largest absolute Gasteiger partial charge is 0.271 e. The van der Waals surface area contributed by atoms with Crippen molar-refractivity contribution in [2.24, 2.45) is 0 Å². The summed E-state index contributed by atoms with van der Waals surface area (Å²) in [6.45, 7) is 0. The summed E-state index contributed by atoms with van der Waals surface area (Å²) in [5, 5.41) is 1.23. The highest BCUT2D eigenvalue weighted by atomic mass is 35.5. The fraction of sp³-hybridized carbons (Fsp3) is 0.273. The van der Waals surface area contributed by atoms with Gasteiger partial charge in [0, 0.05) is 21.0 Å². The van der Waals surface area contributed by atoms with Gasteiger partial charge in [-0.3, -0.25) is 14.5 Å². The molecule has 4 rings (SSSR count). The number of benzene rings is 2. The van der Waals surface area contributed by atoms with Crippen molar-refractivity contribution in [3.63, 3.8) is 0 Å². The summed E-state index contributed by atoms with van der Waals surface area (Å²) in [7, 11) is 0. The van der Waals surface area contributed by atoms with E-state index in [1.807, 2.05) is 12.1 Å². The van der Waals surface area contributed by atoms with Crippen LogP contribution in [0.3, 0.4) is 0 Å². The standard InChI is InChI=1S/C22H19Cl2NO2S/c23-15-8-6-14(7-9-15)19-20(28-18-12-10-16(24)11-13-18)22(27)25(21(19)26)17-4-2-1-3-5-17/h6-13,17H,1-5H2. The lowest BCUT2D eigenvalue weighted by molar-refractivity contribution is -0.139. The van der Waals surface area contributed by atoms with Crippen LogP contribution >= 0.6 is 35.0 Å². The van der Waals surface area contributed by atoms with Gasteiger partial charge in [0.2, 0.25) is 0 Å². The zero-order valence-electron chi connectivity index (χ0n) is 15.2. The first kappa shape index (κ1) is 19.6. The van der Waals surface area contributed by atoms with E-state index in [4.69, 9.17) is 23.2 Å². The molecule has 1 saturated carbocycles. The van der Waals surface area contributed by atoms with Crippen molar-refractivity contribution in [3.05, 3.63) is 69.0 Å². The van der Waals surface area contributed by atoms with Crippen LogP contribution in [0.25, 0.3) is 5.57 Å². The molecule has 2 aromatic carbocycles. The van der Waals surface area contributed by atoms with E-state index < -0.39 is 0 Å². The SMILES string of the molecule is O=C1C(Sc2ccc(Cl)cc2)=C(c2ccc(Cl)cc2)C(=O)N1C1CCCCC1. The molecular formula is C22H19Cl2NO2S. The second-order valence-corrected chi connectivity index (χ2v) is 9.00. The van der Waals surface area contributed by atoms with Crippen LogP contribution in [-0.2, 0) is 9.59 Å². The summed E-state index contributed by atoms with van der Waals surface area (Å²) in [6.07, 6.45) is 5.03. The number of rotatable bonds is 4. The highest BCUT2D eigenvalue weighted by Crippen LogP contribution is 2.42. The van der Waals surface area contributed by atoms with Gasteiger partial charge in [-0.2, -0.15) is 0 Å². The van der Waals surface area contributed by atoms with Crippen molar-refractivity contribution in [2.45, 2.75) is 43.0 Å². The van der Waals surface area contributed by atoms with Gasteiger partial charge in [-0.1, -0.05) is 66.4 Å². The fourth-order valence-corrected chi connectivity index (χ4v) is 5.04. The van der Waals surface area contributed by atoms with Crippen molar-refractivity contribution in [1.82, 2.24) is 4.90 Å². The van der Waals surface area contributed by atoms with E-state index in [2.05, 4.69) is 0 Å². The van der Waals surface area contributed by atoms with E-state index in [-0.39, 0.29) is 17.9 Å². The molecule has 0 unspecified atom stereocenters. The van der Waals surface area contributed by atoms with Crippen LogP contribution in [0.2, 0.25) is 10.0 Å². The highest BCUT2D eigenvalue weighted by molar-refractivity contribution is 8.04. The number of carbonyl (C=O) groups excluding carboxylic acids is 2. The van der Waals surface area contributed by atoms with Gasteiger partial charge < -0.3 is 0 Å². The Bertz CT molecular complexity index is 932. The molecule has 1 aliphatic heterocycles. The van der Waals surface area contributed by atoms with E-state index in [1.54, 1.807) is 36.4 Å². The van der Waals surface area contributed by atoms with Gasteiger partial charge in [-0.15, -0.1) is 0 Å². The minimum absolute atomic E-state index is 0.0145. The predicted molar refractivity (Wildman–Crippen MR) is 114 cm³/mol. The van der Waals surface area contributed by atoms with Gasteiger partial charge in [0.25, 0.3) is 11.8 Å². The molecule has 2 amide bonds. The Morgan fingerprint density at radius 1 is 0.786 bits per heavy atom. The van der Waals surface area contributed by atoms with Crippen molar-refractivity contribution in [2.75, 3.05) is 0 Å². The topological polar surface area (TPSA) is 37.4 Å². The third-order valence-corrected chi connectivity index (χ3v) is 6.77. The second-order valence-electron chi connectivity index (χ2n) is 7.04. The van der Waals surface area contributed by atoms with Crippen LogP contribution in [0.5, 0.6) is 0 Å². The minimum Gasteiger partial charge on any atom is -0.271 e. The Balaban J connectivity index is 1.74. The van der Waals surface area contributed by atoms with E-state index in [0.29, 0.717) is 20.5 Å². The zero-order chi connectivity index (χ0) is 19.7. The smallest absolute Gasteiger partial charge is 0.268 e. The lowest BCUT2D eigenvalue weighted by Gasteiger charge is -2.29. The molecule has 2 aromatic rings. The average Bonchev–Trinajstić information content (AvgIpc) is 2.95. The van der Waals surface area contributed by atoms with E-state index in [9.17, 15) is 9.59 Å². The van der Waals surface area contributed by atoms with Crippen LogP contribution in [0, 0.1) is 0 Å². The van der Waals surface area contributed by atoms with Crippen molar-refractivity contribution in [1.29, 1.82) is 0 Å². The number of halogens is 2. The number of hydrogen-bond acceptors (Lipinski definition) is 3. The Labute approximate surface area is 178 Å². The molecule has 1 fully saturated rings. The van der Waals surface area contributed by atoms with Gasteiger partial charge in [0.05, 0.1) is 10.5 Å². The van der Waals surface area contributed by atoms with E-state index in [0.717, 1.165) is 42.6 Å². The number of carbonyl (C=O) groups is 2. The fourth-order valence-electron chi connectivity index (χ4n) is 3.78. The van der Waals surface area contributed by atoms with Crippen LogP contribution in [0.1, 0.15) is 37.7 Å². The van der Waals surface area contributed by atoms with Gasteiger partial charge in [-0.05, 0) is 54.8 Å². The Morgan fingerprint density at radius 3 is 1.96 bits per heavy atom. The number of imide groups is 1. The second kappa shape index (κ2) is 8.32. The minimum atomic E-state index is -0.198.